The van der Waals surface area contributed by atoms with Crippen molar-refractivity contribution in [3.63, 3.8) is 0 Å². The summed E-state index contributed by atoms with van der Waals surface area (Å²) >= 11 is 2.73. The number of nitrogen functional groups attached to an aromatic ring is 1. The molecule has 0 aliphatic rings. The third kappa shape index (κ3) is 1.05. The highest BCUT2D eigenvalue weighted by atomic mass is 32.2. The highest BCUT2D eigenvalue weighted by Gasteiger charge is 1.86. The number of rotatable bonds is 0. The van der Waals surface area contributed by atoms with Gasteiger partial charge in [-0.3, -0.25) is 4.99 Å². The molecule has 1 rings (SSSR count). The molecule has 0 aliphatic heterocycles. The molecule has 0 atom stereocenters. The van der Waals surface area contributed by atoms with Gasteiger partial charge in [0.25, 0.3) is 0 Å². The van der Waals surface area contributed by atoms with Crippen LogP contribution in [0.15, 0.2) is 4.99 Å². The van der Waals surface area contributed by atoms with E-state index in [-0.39, 0.29) is 0 Å². The van der Waals surface area contributed by atoms with Gasteiger partial charge in [-0.15, -0.1) is 0 Å². The molecule has 0 aliphatic carbocycles. The second kappa shape index (κ2) is 2.23. The zero-order chi connectivity index (χ0) is 5.98. The Hall–Kier alpha value is -0.420. The van der Waals surface area contributed by atoms with Gasteiger partial charge in [-0.25, -0.2) is 0 Å². The lowest BCUT2D eigenvalue weighted by Crippen LogP contribution is -1.82. The normalized spacial score (nSPS) is 12.4. The molecular weight excluding hydrogens is 142 g/mol. The fourth-order valence-corrected chi connectivity index (χ4v) is 1.60. The van der Waals surface area contributed by atoms with Crippen molar-refractivity contribution < 1.29 is 0 Å². The van der Waals surface area contributed by atoms with Crippen LogP contribution in [0.25, 0.3) is 0 Å². The Balaban J connectivity index is 3.20. The number of aromatic nitrogens is 1. The number of hydrogen-bond donors (Lipinski definition) is 1. The average molecular weight is 147 g/mol. The monoisotopic (exact) mass is 147 g/mol. The van der Waals surface area contributed by atoms with Gasteiger partial charge in [-0.05, 0) is 11.5 Å². The van der Waals surface area contributed by atoms with E-state index in [0.29, 0.717) is 5.13 Å². The van der Waals surface area contributed by atoms with Gasteiger partial charge >= 0.3 is 0 Å². The van der Waals surface area contributed by atoms with E-state index >= 15 is 0 Å². The first-order valence-corrected chi connectivity index (χ1v) is 3.57. The van der Waals surface area contributed by atoms with Gasteiger partial charge < -0.3 is 5.73 Å². The van der Waals surface area contributed by atoms with E-state index in [1.54, 1.807) is 7.05 Å². The van der Waals surface area contributed by atoms with E-state index in [4.69, 9.17) is 5.73 Å². The molecule has 44 valence electrons. The number of hydrogen-bond acceptors (Lipinski definition) is 5. The maximum Gasteiger partial charge on any atom is 0.194 e. The standard InChI is InChI=1S/C3H5N3S2/c1-5-3-7-2(4)6-8-3/h1H3,(H2,4,6). The molecule has 0 bridgehead atoms. The first-order valence-electron chi connectivity index (χ1n) is 1.98. The van der Waals surface area contributed by atoms with Crippen LogP contribution in [-0.4, -0.2) is 11.4 Å². The quantitative estimate of drug-likeness (QED) is 0.574. The smallest absolute Gasteiger partial charge is 0.194 e. The van der Waals surface area contributed by atoms with E-state index in [9.17, 15) is 0 Å². The van der Waals surface area contributed by atoms with Gasteiger partial charge in [0, 0.05) is 7.05 Å². The van der Waals surface area contributed by atoms with Crippen molar-refractivity contribution in [3.8, 4) is 0 Å². The topological polar surface area (TPSA) is 51.3 Å². The number of nitrogens with two attached hydrogens (primary N) is 1. The van der Waals surface area contributed by atoms with Crippen molar-refractivity contribution >= 4 is 28.0 Å². The van der Waals surface area contributed by atoms with Crippen LogP contribution < -0.4 is 9.72 Å². The van der Waals surface area contributed by atoms with Crippen LogP contribution in [0.2, 0.25) is 0 Å². The summed E-state index contributed by atoms with van der Waals surface area (Å²) in [6.07, 6.45) is 0. The second-order valence-corrected chi connectivity index (χ2v) is 3.13. The van der Waals surface area contributed by atoms with Crippen molar-refractivity contribution in [1.82, 2.24) is 4.37 Å². The van der Waals surface area contributed by atoms with E-state index in [2.05, 4.69) is 9.37 Å². The van der Waals surface area contributed by atoms with E-state index in [1.165, 1.54) is 22.9 Å². The van der Waals surface area contributed by atoms with Crippen molar-refractivity contribution in [1.29, 1.82) is 0 Å². The molecule has 0 spiro atoms. The molecule has 2 N–H and O–H groups in total. The molecule has 0 radical (unpaired) electrons. The summed E-state index contributed by atoms with van der Waals surface area (Å²) in [4.78, 5) is 3.89. The summed E-state index contributed by atoms with van der Waals surface area (Å²) in [6.45, 7) is 0. The van der Waals surface area contributed by atoms with Crippen LogP contribution in [0, 0.1) is 0 Å². The minimum Gasteiger partial charge on any atom is -0.374 e. The predicted molar refractivity (Wildman–Crippen MR) is 35.9 cm³/mol. The summed E-state index contributed by atoms with van der Waals surface area (Å²) < 4.78 is 4.75. The summed E-state index contributed by atoms with van der Waals surface area (Å²) in [6, 6.07) is 0. The average Bonchev–Trinajstić information content (AvgIpc) is 2.14. The van der Waals surface area contributed by atoms with Gasteiger partial charge in [0.2, 0.25) is 0 Å². The molecule has 3 nitrogen and oxygen atoms in total. The lowest BCUT2D eigenvalue weighted by molar-refractivity contribution is 1.37. The van der Waals surface area contributed by atoms with Crippen molar-refractivity contribution in [2.75, 3.05) is 12.8 Å². The Morgan fingerprint density at radius 2 is 2.50 bits per heavy atom. The number of anilines is 1. The van der Waals surface area contributed by atoms with Gasteiger partial charge in [-0.1, -0.05) is 11.3 Å². The van der Waals surface area contributed by atoms with Crippen LogP contribution in [-0.2, 0) is 0 Å². The molecule has 0 unspecified atom stereocenters. The van der Waals surface area contributed by atoms with Gasteiger partial charge in [0.15, 0.2) is 9.12 Å². The molecule has 0 aromatic carbocycles. The van der Waals surface area contributed by atoms with Crippen LogP contribution in [0.4, 0.5) is 5.13 Å². The molecular formula is C3H5N3S2. The third-order valence-corrected chi connectivity index (χ3v) is 2.46. The van der Waals surface area contributed by atoms with Crippen LogP contribution in [0.3, 0.4) is 0 Å². The Bertz CT molecular complexity index is 222. The highest BCUT2D eigenvalue weighted by Crippen LogP contribution is 2.00. The molecule has 5 heteroatoms. The van der Waals surface area contributed by atoms with Gasteiger partial charge in [0.05, 0.1) is 0 Å². The Labute approximate surface area is 54.7 Å². The van der Waals surface area contributed by atoms with Crippen LogP contribution in [0.1, 0.15) is 0 Å². The molecule has 0 fully saturated rings. The molecule has 1 aromatic heterocycles. The van der Waals surface area contributed by atoms with Gasteiger partial charge in [0.1, 0.15) is 0 Å². The first-order chi connectivity index (χ1) is 3.83. The Morgan fingerprint density at radius 1 is 1.75 bits per heavy atom. The number of nitrogens with zero attached hydrogens (tertiary/aromatic N) is 2. The molecule has 1 aromatic rings. The summed E-state index contributed by atoms with van der Waals surface area (Å²) in [5.41, 5.74) is 5.31. The second-order valence-electron chi connectivity index (χ2n) is 1.11. The molecule has 0 amide bonds. The minimum absolute atomic E-state index is 0.593. The van der Waals surface area contributed by atoms with Crippen molar-refractivity contribution in [2.45, 2.75) is 0 Å². The largest absolute Gasteiger partial charge is 0.374 e. The van der Waals surface area contributed by atoms with Crippen LogP contribution >= 0.6 is 22.9 Å². The fourth-order valence-electron chi connectivity index (χ4n) is 0.297. The molecule has 0 saturated heterocycles. The van der Waals surface area contributed by atoms with Crippen LogP contribution in [0.5, 0.6) is 0 Å². The maximum absolute atomic E-state index is 5.31. The first kappa shape index (κ1) is 5.71. The maximum atomic E-state index is 5.31. The zero-order valence-corrected chi connectivity index (χ0v) is 5.92. The summed E-state index contributed by atoms with van der Waals surface area (Å²) in [5, 5.41) is 0.593. The van der Waals surface area contributed by atoms with Crippen molar-refractivity contribution in [2.24, 2.45) is 4.99 Å². The van der Waals surface area contributed by atoms with Gasteiger partial charge in [-0.2, -0.15) is 4.37 Å². The Kier molecular flexibility index (Phi) is 1.59. The van der Waals surface area contributed by atoms with E-state index < -0.39 is 0 Å². The SMILES string of the molecule is CN=c1snc(N)s1. The molecule has 0 saturated carbocycles. The molecule has 8 heavy (non-hydrogen) atoms. The fraction of sp³-hybridized carbons (Fsp3) is 0.333. The zero-order valence-electron chi connectivity index (χ0n) is 4.29. The lowest BCUT2D eigenvalue weighted by atomic mass is 11.3. The van der Waals surface area contributed by atoms with E-state index in [0.717, 1.165) is 3.98 Å². The minimum atomic E-state index is 0.593. The molecule has 1 heterocycles. The van der Waals surface area contributed by atoms with Crippen molar-refractivity contribution in [3.05, 3.63) is 3.98 Å². The third-order valence-electron chi connectivity index (χ3n) is 0.588. The highest BCUT2D eigenvalue weighted by molar-refractivity contribution is 7.26. The van der Waals surface area contributed by atoms with E-state index in [1.807, 2.05) is 0 Å². The predicted octanol–water partition coefficient (Wildman–Crippen LogP) is 0.317. The summed E-state index contributed by atoms with van der Waals surface area (Å²) in [7, 11) is 1.73. The summed E-state index contributed by atoms with van der Waals surface area (Å²) in [5.74, 6) is 0. The lowest BCUT2D eigenvalue weighted by Gasteiger charge is -1.66. The Morgan fingerprint density at radius 3 is 2.75 bits per heavy atom.